The van der Waals surface area contributed by atoms with Crippen LogP contribution in [0.5, 0.6) is 0 Å². The van der Waals surface area contributed by atoms with Gasteiger partial charge in [0.15, 0.2) is 0 Å². The third-order valence-corrected chi connectivity index (χ3v) is 4.06. The van der Waals surface area contributed by atoms with Gasteiger partial charge < -0.3 is 10.5 Å². The van der Waals surface area contributed by atoms with Crippen molar-refractivity contribution in [1.29, 1.82) is 5.41 Å². The van der Waals surface area contributed by atoms with E-state index < -0.39 is 0 Å². The van der Waals surface area contributed by atoms with Gasteiger partial charge in [-0.25, -0.2) is 0 Å². The number of hydrogen-bond donors (Lipinski definition) is 2. The van der Waals surface area contributed by atoms with Gasteiger partial charge >= 0.3 is 0 Å². The topological polar surface area (TPSA) is 56.4 Å². The molecule has 0 aromatic heterocycles. The third-order valence-electron chi connectivity index (χ3n) is 3.60. The highest BCUT2D eigenvalue weighted by Gasteiger charge is 2.18. The molecule has 4 heteroatoms. The lowest BCUT2D eigenvalue weighted by Crippen LogP contribution is -2.13. The molecular weight excluding hydrogens is 316 g/mol. The fraction of sp³-hybridized carbons (Fsp3) is 0.375. The number of hydrogen-bond acceptors (Lipinski definition) is 3. The molecule has 106 valence electrons. The molecule has 0 radical (unpaired) electrons. The van der Waals surface area contributed by atoms with E-state index in [0.717, 1.165) is 34.1 Å². The van der Waals surface area contributed by atoms with Crippen LogP contribution < -0.4 is 0 Å². The van der Waals surface area contributed by atoms with Crippen LogP contribution in [0.4, 0.5) is 5.69 Å². The first-order valence-electron chi connectivity index (χ1n) is 6.76. The maximum atomic E-state index is 9.97. The summed E-state index contributed by atoms with van der Waals surface area (Å²) in [4.78, 5) is 4.52. The van der Waals surface area contributed by atoms with Gasteiger partial charge in [0.1, 0.15) is 0 Å². The monoisotopic (exact) mass is 334 g/mol. The molecule has 0 amide bonds. The summed E-state index contributed by atoms with van der Waals surface area (Å²) in [5, 5.41) is 17.5. The molecule has 1 aliphatic rings. The first-order valence-corrected chi connectivity index (χ1v) is 7.56. The molecule has 2 N–H and O–H groups in total. The van der Waals surface area contributed by atoms with Gasteiger partial charge in [0.25, 0.3) is 0 Å². The molecule has 2 rings (SSSR count). The third kappa shape index (κ3) is 3.37. The lowest BCUT2D eigenvalue weighted by Gasteiger charge is -2.20. The van der Waals surface area contributed by atoms with Crippen molar-refractivity contribution in [1.82, 2.24) is 0 Å². The van der Waals surface area contributed by atoms with Crippen molar-refractivity contribution < 1.29 is 5.11 Å². The second kappa shape index (κ2) is 6.35. The minimum Gasteiger partial charge on any atom is -0.512 e. The van der Waals surface area contributed by atoms with Crippen LogP contribution in [0.2, 0.25) is 0 Å². The molecule has 0 saturated heterocycles. The summed E-state index contributed by atoms with van der Waals surface area (Å²) >= 11 is 3.43. The van der Waals surface area contributed by atoms with E-state index >= 15 is 0 Å². The average Bonchev–Trinajstić information content (AvgIpc) is 2.38. The molecule has 3 nitrogen and oxygen atoms in total. The molecule has 1 aliphatic carbocycles. The Hall–Kier alpha value is -1.42. The van der Waals surface area contributed by atoms with Gasteiger partial charge in [0.05, 0.1) is 17.4 Å². The number of benzene rings is 1. The minimum atomic E-state index is -0.00664. The summed E-state index contributed by atoms with van der Waals surface area (Å²) in [5.41, 5.74) is 2.59. The first kappa shape index (κ1) is 15.0. The highest BCUT2D eigenvalue weighted by atomic mass is 79.9. The zero-order valence-electron chi connectivity index (χ0n) is 11.7. The van der Waals surface area contributed by atoms with Crippen LogP contribution in [-0.2, 0) is 0 Å². The predicted molar refractivity (Wildman–Crippen MR) is 87.5 cm³/mol. The molecule has 1 aromatic rings. The van der Waals surface area contributed by atoms with Crippen LogP contribution in [0.15, 0.2) is 33.4 Å². The van der Waals surface area contributed by atoms with Gasteiger partial charge in [-0.2, -0.15) is 0 Å². The van der Waals surface area contributed by atoms with Gasteiger partial charge in [0, 0.05) is 22.5 Å². The molecule has 0 saturated carbocycles. The van der Waals surface area contributed by atoms with Crippen molar-refractivity contribution in [2.24, 2.45) is 16.8 Å². The van der Waals surface area contributed by atoms with Crippen LogP contribution in [0.3, 0.4) is 0 Å². The largest absolute Gasteiger partial charge is 0.512 e. The van der Waals surface area contributed by atoms with Crippen molar-refractivity contribution in [3.05, 3.63) is 39.6 Å². The summed E-state index contributed by atoms with van der Waals surface area (Å²) in [5.74, 6) is 0.845. The highest BCUT2D eigenvalue weighted by Crippen LogP contribution is 2.29. The van der Waals surface area contributed by atoms with Gasteiger partial charge in [-0.1, -0.05) is 22.9 Å². The van der Waals surface area contributed by atoms with E-state index in [1.807, 2.05) is 25.1 Å². The lowest BCUT2D eigenvalue weighted by atomic mass is 9.89. The zero-order chi connectivity index (χ0) is 14.7. The second-order valence-corrected chi connectivity index (χ2v) is 6.25. The molecule has 0 aliphatic heterocycles. The zero-order valence-corrected chi connectivity index (χ0v) is 13.3. The number of aliphatic imine (C=N–C) groups is 1. The average molecular weight is 335 g/mol. The highest BCUT2D eigenvalue weighted by molar-refractivity contribution is 9.10. The molecular formula is C16H19BrN2O. The SMILES string of the molecule is Cc1cc(Br)cc(C=N)c1N=CC1CCC(C)C=C1O. The quantitative estimate of drug-likeness (QED) is 0.755. The lowest BCUT2D eigenvalue weighted by molar-refractivity contribution is 0.325. The summed E-state index contributed by atoms with van der Waals surface area (Å²) in [6.07, 6.45) is 7.01. The van der Waals surface area contributed by atoms with Crippen LogP contribution in [0.1, 0.15) is 30.9 Å². The normalized spacial score (nSPS) is 22.9. The van der Waals surface area contributed by atoms with E-state index in [4.69, 9.17) is 5.41 Å². The van der Waals surface area contributed by atoms with Gasteiger partial charge in [-0.3, -0.25) is 4.99 Å². The predicted octanol–water partition coefficient (Wildman–Crippen LogP) is 4.95. The summed E-state index contributed by atoms with van der Waals surface area (Å²) in [7, 11) is 0. The fourth-order valence-corrected chi connectivity index (χ4v) is 3.04. The smallest absolute Gasteiger partial charge is 0.0969 e. The van der Waals surface area contributed by atoms with E-state index in [2.05, 4.69) is 27.8 Å². The Labute approximate surface area is 128 Å². The van der Waals surface area contributed by atoms with Crippen molar-refractivity contribution in [3.63, 3.8) is 0 Å². The fourth-order valence-electron chi connectivity index (χ4n) is 2.45. The van der Waals surface area contributed by atoms with Crippen LogP contribution in [-0.4, -0.2) is 17.5 Å². The Morgan fingerprint density at radius 1 is 1.40 bits per heavy atom. The number of nitrogens with one attached hydrogen (secondary N) is 1. The van der Waals surface area contributed by atoms with Crippen molar-refractivity contribution in [2.75, 3.05) is 0 Å². The molecule has 2 unspecified atom stereocenters. The van der Waals surface area contributed by atoms with Crippen LogP contribution in [0, 0.1) is 24.2 Å². The second-order valence-electron chi connectivity index (χ2n) is 5.34. The maximum absolute atomic E-state index is 9.97. The molecule has 0 spiro atoms. The number of halogens is 1. The van der Waals surface area contributed by atoms with E-state index in [0.29, 0.717) is 11.7 Å². The Morgan fingerprint density at radius 3 is 2.80 bits per heavy atom. The van der Waals surface area contributed by atoms with Crippen LogP contribution >= 0.6 is 15.9 Å². The standard InChI is InChI=1S/C16H19BrN2O/c1-10-3-4-12(15(20)5-10)9-19-16-11(2)6-14(17)7-13(16)8-18/h5-10,12,18,20H,3-4H2,1-2H3. The summed E-state index contributed by atoms with van der Waals surface area (Å²) < 4.78 is 0.946. The molecule has 0 bridgehead atoms. The summed E-state index contributed by atoms with van der Waals surface area (Å²) in [6.45, 7) is 4.08. The molecule has 0 heterocycles. The molecule has 1 aromatic carbocycles. The number of rotatable bonds is 3. The van der Waals surface area contributed by atoms with Gasteiger partial charge in [0.2, 0.25) is 0 Å². The van der Waals surface area contributed by atoms with Gasteiger partial charge in [-0.05, 0) is 49.5 Å². The Bertz CT molecular complexity index is 578. The number of nitrogens with zero attached hydrogens (tertiary/aromatic N) is 1. The van der Waals surface area contributed by atoms with Crippen molar-refractivity contribution >= 4 is 34.0 Å². The van der Waals surface area contributed by atoms with E-state index in [9.17, 15) is 5.11 Å². The Kier molecular flexibility index (Phi) is 4.76. The number of aliphatic hydroxyl groups excluding tert-OH is 1. The molecule has 2 atom stereocenters. The van der Waals surface area contributed by atoms with Gasteiger partial charge in [-0.15, -0.1) is 0 Å². The van der Waals surface area contributed by atoms with E-state index in [1.165, 1.54) is 6.21 Å². The first-order chi connectivity index (χ1) is 9.51. The van der Waals surface area contributed by atoms with E-state index in [1.54, 1.807) is 6.21 Å². The summed E-state index contributed by atoms with van der Waals surface area (Å²) in [6, 6.07) is 3.86. The van der Waals surface area contributed by atoms with Crippen LogP contribution in [0.25, 0.3) is 0 Å². The number of aliphatic hydroxyl groups is 1. The number of allylic oxidation sites excluding steroid dienone is 2. The Balaban J connectivity index is 2.28. The minimum absolute atomic E-state index is 0.00664. The van der Waals surface area contributed by atoms with Crippen molar-refractivity contribution in [2.45, 2.75) is 26.7 Å². The number of aryl methyl sites for hydroxylation is 1. The Morgan fingerprint density at radius 2 is 2.15 bits per heavy atom. The molecule has 0 fully saturated rings. The maximum Gasteiger partial charge on any atom is 0.0969 e. The molecule has 20 heavy (non-hydrogen) atoms. The van der Waals surface area contributed by atoms with E-state index in [-0.39, 0.29) is 5.92 Å². The van der Waals surface area contributed by atoms with Crippen molar-refractivity contribution in [3.8, 4) is 0 Å².